The van der Waals surface area contributed by atoms with Gasteiger partial charge in [-0.1, -0.05) is 82.9 Å². The van der Waals surface area contributed by atoms with E-state index in [2.05, 4.69) is 35.5 Å². The second-order valence-electron chi connectivity index (χ2n) is 28.1. The number of hydrogen-bond donors (Lipinski definition) is 1. The van der Waals surface area contributed by atoms with E-state index in [0.717, 1.165) is 97.5 Å². The lowest BCUT2D eigenvalue weighted by Crippen LogP contribution is -2.47. The number of Topliss-reactive ketones (excluding diaryl/α,β-unsaturated/α-hetero) is 3. The minimum atomic E-state index is -1.87. The summed E-state index contributed by atoms with van der Waals surface area (Å²) < 4.78 is 69.2. The van der Waals surface area contributed by atoms with Crippen molar-refractivity contribution in [3.63, 3.8) is 0 Å². The number of fused-ring (bicyclic) bond motifs is 5. The highest BCUT2D eigenvalue weighted by Gasteiger charge is 2.51. The Kier molecular flexibility index (Phi) is 36.5. The molecule has 28 nitrogen and oxygen atoms in total. The highest BCUT2D eigenvalue weighted by atomic mass is 16.7. The SMILES string of the molecule is CC(=O)COCC(=O)CCCOCCOCCOCCOCCOCCOCCOCCOCCn1cc(CCC(=O)C2CCC(CN3C(=O)CC(C)C3=O)CC2)nn1.CCCCCC(CC)C(=O)Nc1ccc(COC(=O)OC2(CC)C(=O)OCc3c2cc2n(c3=O)Cc3c-2nc2ccc(C)cc2c3CC)cc1. The number of cyclic esters (lactones) is 1. The third-order valence-corrected chi connectivity index (χ3v) is 19.9. The Bertz CT molecular complexity index is 3830. The van der Waals surface area contributed by atoms with E-state index in [1.807, 2.05) is 32.2 Å². The zero-order valence-electron chi connectivity index (χ0n) is 64.8. The fourth-order valence-corrected chi connectivity index (χ4v) is 13.8. The van der Waals surface area contributed by atoms with Crippen LogP contribution in [0.5, 0.6) is 0 Å². The van der Waals surface area contributed by atoms with Crippen molar-refractivity contribution in [1.29, 1.82) is 0 Å². The first-order valence-corrected chi connectivity index (χ1v) is 39.0. The normalized spacial score (nSPS) is 17.5. The number of ether oxygens (including phenoxy) is 12. The molecule has 2 fully saturated rings. The Balaban J connectivity index is 0.000000277. The molecule has 0 bridgehead atoms. The monoisotopic (exact) mass is 1520 g/mol. The molecule has 3 amide bonds. The molecule has 5 aromatic rings. The van der Waals surface area contributed by atoms with Crippen molar-refractivity contribution >= 4 is 63.8 Å². The van der Waals surface area contributed by atoms with Crippen LogP contribution in [0.2, 0.25) is 0 Å². The van der Waals surface area contributed by atoms with Crippen LogP contribution in [0.15, 0.2) is 59.5 Å². The molecule has 28 heteroatoms. The average Bonchev–Trinajstić information content (AvgIpc) is 1.62. The summed E-state index contributed by atoms with van der Waals surface area (Å²) in [5.41, 5.74) is 5.81. The van der Waals surface area contributed by atoms with Crippen molar-refractivity contribution in [3.8, 4) is 11.4 Å². The Morgan fingerprint density at radius 1 is 0.706 bits per heavy atom. The standard InChI is InChI=1S/C41H68N4O14.C40H45N3O7/c1-33-28-40(49)45(41(33)50)29-35-5-7-36(8-6-35)39(48)10-9-37-30-44(43-42-37)11-13-52-15-17-54-19-21-56-23-25-58-27-26-57-24-22-55-20-18-53-16-14-51-12-3-4-38(47)32-59-31-34(2)46;1-6-10-11-12-26(7-2)36(44)41-27-16-14-25(15-17-27)22-49-39(47)50-40(9-4)32-20-34-35-30(21-43(34)37(45)31(32)23-48-38(40)46)28(8-3)29-19-24(5)13-18-33(29)42-35/h30,33,35-36H,3-29,31-32H2,1-2H3;13-20,26H,6-12,21-23H2,1-5H3,(H,41,44). The number of nitrogens with one attached hydrogen (secondary N) is 1. The van der Waals surface area contributed by atoms with Gasteiger partial charge in [-0.2, -0.15) is 0 Å². The van der Waals surface area contributed by atoms with Crippen molar-refractivity contribution in [2.75, 3.05) is 131 Å². The van der Waals surface area contributed by atoms with E-state index in [0.29, 0.717) is 186 Å². The molecule has 3 aromatic heterocycles. The van der Waals surface area contributed by atoms with Crippen LogP contribution >= 0.6 is 0 Å². The molecular weight excluding hydrogens is 1410 g/mol. The molecule has 4 aliphatic rings. The molecule has 3 atom stereocenters. The smallest absolute Gasteiger partial charge is 0.457 e. The molecule has 0 spiro atoms. The van der Waals surface area contributed by atoms with Gasteiger partial charge in [-0.25, -0.2) is 19.3 Å². The maximum absolute atomic E-state index is 14.0. The van der Waals surface area contributed by atoms with Crippen LogP contribution in [0.3, 0.4) is 0 Å². The fraction of sp³-hybridized carbons (Fsp3) is 0.630. The average molecular weight is 1520 g/mol. The number of carbonyl (C=O) groups is 8. The van der Waals surface area contributed by atoms with Crippen molar-refractivity contribution in [2.24, 2.45) is 23.7 Å². The molecule has 1 N–H and O–H groups in total. The summed E-state index contributed by atoms with van der Waals surface area (Å²) in [5.74, 6) is -0.721. The van der Waals surface area contributed by atoms with Gasteiger partial charge in [0, 0.05) is 85.0 Å². The van der Waals surface area contributed by atoms with Gasteiger partial charge in [0.2, 0.25) is 23.3 Å². The summed E-state index contributed by atoms with van der Waals surface area (Å²) in [7, 11) is 0. The lowest BCUT2D eigenvalue weighted by molar-refractivity contribution is -0.175. The number of aromatic nitrogens is 5. The molecule has 0 radical (unpaired) electrons. The van der Waals surface area contributed by atoms with E-state index in [4.69, 9.17) is 61.8 Å². The maximum atomic E-state index is 14.0. The number of likely N-dealkylation sites (tertiary alicyclic amines) is 1. The molecule has 2 aromatic carbocycles. The van der Waals surface area contributed by atoms with Gasteiger partial charge in [0.15, 0.2) is 11.6 Å². The van der Waals surface area contributed by atoms with E-state index in [1.54, 1.807) is 53.4 Å². The Morgan fingerprint density at radius 2 is 1.34 bits per heavy atom. The van der Waals surface area contributed by atoms with Crippen LogP contribution in [-0.4, -0.2) is 202 Å². The van der Waals surface area contributed by atoms with Crippen molar-refractivity contribution in [3.05, 3.63) is 104 Å². The summed E-state index contributed by atoms with van der Waals surface area (Å²) >= 11 is 0. The first kappa shape index (κ1) is 86.5. The first-order valence-electron chi connectivity index (χ1n) is 39.0. The summed E-state index contributed by atoms with van der Waals surface area (Å²) in [4.78, 5) is 119. The summed E-state index contributed by atoms with van der Waals surface area (Å²) in [6.07, 6.45) is 12.1. The van der Waals surface area contributed by atoms with Gasteiger partial charge in [-0.05, 0) is 119 Å². The van der Waals surface area contributed by atoms with E-state index in [-0.39, 0.29) is 103 Å². The number of nitrogens with zero attached hydrogens (tertiary/aromatic N) is 6. The van der Waals surface area contributed by atoms with Crippen molar-refractivity contribution in [2.45, 2.75) is 183 Å². The van der Waals surface area contributed by atoms with Crippen molar-refractivity contribution in [1.82, 2.24) is 29.4 Å². The molecule has 598 valence electrons. The predicted octanol–water partition coefficient (Wildman–Crippen LogP) is 9.93. The molecular formula is C81H113N7O21. The van der Waals surface area contributed by atoms with E-state index >= 15 is 0 Å². The quantitative estimate of drug-likeness (QED) is 0.0211. The maximum Gasteiger partial charge on any atom is 0.510 e. The van der Waals surface area contributed by atoms with Gasteiger partial charge in [-0.3, -0.25) is 38.5 Å². The van der Waals surface area contributed by atoms with E-state index in [9.17, 15) is 43.2 Å². The highest BCUT2D eigenvalue weighted by Crippen LogP contribution is 2.43. The molecule has 3 aliphatic heterocycles. The number of ketones is 3. The Labute approximate surface area is 638 Å². The Hall–Kier alpha value is -8.06. The van der Waals surface area contributed by atoms with Crippen LogP contribution in [0.4, 0.5) is 10.5 Å². The first-order chi connectivity index (χ1) is 52.9. The molecule has 1 saturated carbocycles. The number of anilines is 1. The van der Waals surface area contributed by atoms with Gasteiger partial charge < -0.3 is 66.7 Å². The van der Waals surface area contributed by atoms with E-state index < -0.39 is 17.7 Å². The summed E-state index contributed by atoms with van der Waals surface area (Å²) in [6.45, 7) is 21.6. The van der Waals surface area contributed by atoms with Crippen LogP contribution in [0.1, 0.15) is 171 Å². The zero-order valence-corrected chi connectivity index (χ0v) is 64.8. The number of aryl methyl sites for hydroxylation is 3. The largest absolute Gasteiger partial charge is 0.510 e. The van der Waals surface area contributed by atoms with Gasteiger partial charge in [0.05, 0.1) is 140 Å². The number of benzene rings is 2. The number of carbonyl (C=O) groups excluding carboxylic acids is 8. The molecule has 109 heavy (non-hydrogen) atoms. The molecule has 3 unspecified atom stereocenters. The molecule has 9 rings (SSSR count). The van der Waals surface area contributed by atoms with Crippen LogP contribution in [-0.2, 0) is 135 Å². The third kappa shape index (κ3) is 26.6. The van der Waals surface area contributed by atoms with E-state index in [1.165, 1.54) is 11.8 Å². The summed E-state index contributed by atoms with van der Waals surface area (Å²) in [6, 6.07) is 14.9. The van der Waals surface area contributed by atoms with Gasteiger partial charge >= 0.3 is 12.1 Å². The number of esters is 1. The van der Waals surface area contributed by atoms with Gasteiger partial charge in [0.25, 0.3) is 5.56 Å². The fourth-order valence-electron chi connectivity index (χ4n) is 13.8. The lowest BCUT2D eigenvalue weighted by atomic mass is 9.79. The highest BCUT2D eigenvalue weighted by molar-refractivity contribution is 6.03. The number of amides is 3. The number of pyridine rings is 2. The van der Waals surface area contributed by atoms with Crippen molar-refractivity contribution < 1.29 is 95.2 Å². The van der Waals surface area contributed by atoms with Crippen LogP contribution in [0, 0.1) is 30.6 Å². The minimum absolute atomic E-state index is 0.000480. The number of rotatable bonds is 50. The third-order valence-electron chi connectivity index (χ3n) is 19.9. The molecule has 6 heterocycles. The predicted molar refractivity (Wildman–Crippen MR) is 402 cm³/mol. The number of imide groups is 1. The number of hydrogen-bond acceptors (Lipinski definition) is 24. The van der Waals surface area contributed by atoms with Crippen LogP contribution < -0.4 is 10.9 Å². The van der Waals surface area contributed by atoms with Gasteiger partial charge in [-0.15, -0.1) is 5.10 Å². The molecule has 1 aliphatic carbocycles. The second-order valence-corrected chi connectivity index (χ2v) is 28.1. The zero-order chi connectivity index (χ0) is 77.9. The lowest BCUT2D eigenvalue weighted by Gasteiger charge is -2.35. The minimum Gasteiger partial charge on any atom is -0.457 e. The Morgan fingerprint density at radius 3 is 1.93 bits per heavy atom. The number of unbranched alkanes of at least 4 members (excludes halogenated alkanes) is 2. The topological polar surface area (TPSA) is 328 Å². The molecule has 1 saturated heterocycles. The summed E-state index contributed by atoms with van der Waals surface area (Å²) in [5, 5.41) is 12.4. The van der Waals surface area contributed by atoms with Gasteiger partial charge in [0.1, 0.15) is 32.2 Å². The van der Waals surface area contributed by atoms with Crippen LogP contribution in [0.25, 0.3) is 22.3 Å². The second kappa shape index (κ2) is 45.9.